The number of carbonyl (C=O) groups is 2. The van der Waals surface area contributed by atoms with E-state index < -0.39 is 18.0 Å². The van der Waals surface area contributed by atoms with Crippen molar-refractivity contribution in [2.75, 3.05) is 13.2 Å². The van der Waals surface area contributed by atoms with Crippen molar-refractivity contribution in [2.24, 2.45) is 4.99 Å². The van der Waals surface area contributed by atoms with Gasteiger partial charge in [-0.2, -0.15) is 0 Å². The summed E-state index contributed by atoms with van der Waals surface area (Å²) >= 11 is 4.66. The Balaban J connectivity index is 1.88. The molecule has 0 saturated carbocycles. The van der Waals surface area contributed by atoms with Gasteiger partial charge in [-0.05, 0) is 92.0 Å². The van der Waals surface area contributed by atoms with Crippen molar-refractivity contribution in [3.05, 3.63) is 83.0 Å². The fourth-order valence-electron chi connectivity index (χ4n) is 4.44. The highest BCUT2D eigenvalue weighted by atomic mass is 79.9. The Morgan fingerprint density at radius 2 is 1.85 bits per heavy atom. The van der Waals surface area contributed by atoms with Gasteiger partial charge in [0.15, 0.2) is 16.3 Å². The summed E-state index contributed by atoms with van der Waals surface area (Å²) in [7, 11) is 0. The minimum absolute atomic E-state index is 0.00197. The Hall–Kier alpha value is -3.70. The molecule has 1 aromatic heterocycles. The number of fused-ring (bicyclic) bond motifs is 1. The highest BCUT2D eigenvalue weighted by Gasteiger charge is 2.33. The highest BCUT2D eigenvalue weighted by Crippen LogP contribution is 2.37. The molecule has 11 heteroatoms. The zero-order chi connectivity index (χ0) is 29.8. The summed E-state index contributed by atoms with van der Waals surface area (Å²) in [5.41, 5.74) is 1.84. The monoisotopic (exact) mass is 642 g/mol. The lowest BCUT2D eigenvalue weighted by Crippen LogP contribution is -2.39. The average Bonchev–Trinajstić information content (AvgIpc) is 3.19. The number of halogens is 1. The first-order valence-electron chi connectivity index (χ1n) is 13.1. The molecule has 1 aliphatic heterocycles. The molecule has 3 aromatic rings. The zero-order valence-corrected chi connectivity index (χ0v) is 26.1. The van der Waals surface area contributed by atoms with E-state index in [1.54, 1.807) is 32.1 Å². The third kappa shape index (κ3) is 6.62. The fraction of sp³-hybridized carbons (Fsp3) is 0.333. The van der Waals surface area contributed by atoms with Gasteiger partial charge in [0.05, 0.1) is 45.6 Å². The standard InChI is InChI=1S/C30H31BrN2O7S/c1-7-37-23-14-19(13-22(31)27(23)40-18(6)34)15-24-28(35)33-26(20-9-11-21(12-10-20)39-16(3)4)25(29(36)38-8-2)17(5)32-30(33)41-24/h9-16,26H,7-8H2,1-6H3/t26-/m1/s1. The molecule has 9 nitrogen and oxygen atoms in total. The van der Waals surface area contributed by atoms with Crippen molar-refractivity contribution in [2.45, 2.75) is 53.7 Å². The van der Waals surface area contributed by atoms with E-state index in [2.05, 4.69) is 20.9 Å². The highest BCUT2D eigenvalue weighted by molar-refractivity contribution is 9.10. The summed E-state index contributed by atoms with van der Waals surface area (Å²) < 4.78 is 24.6. The van der Waals surface area contributed by atoms with Crippen molar-refractivity contribution in [1.29, 1.82) is 0 Å². The minimum atomic E-state index is -0.738. The molecule has 4 rings (SSSR count). The number of ether oxygens (including phenoxy) is 4. The van der Waals surface area contributed by atoms with E-state index in [0.29, 0.717) is 48.7 Å². The van der Waals surface area contributed by atoms with Crippen molar-refractivity contribution < 1.29 is 28.5 Å². The second-order valence-electron chi connectivity index (χ2n) is 9.39. The van der Waals surface area contributed by atoms with Crippen molar-refractivity contribution in [3.8, 4) is 17.2 Å². The molecule has 0 radical (unpaired) electrons. The molecular formula is C30H31BrN2O7S. The van der Waals surface area contributed by atoms with Gasteiger partial charge in [0.25, 0.3) is 5.56 Å². The number of esters is 2. The molecule has 41 heavy (non-hydrogen) atoms. The summed E-state index contributed by atoms with van der Waals surface area (Å²) in [6.07, 6.45) is 1.72. The van der Waals surface area contributed by atoms with E-state index in [1.807, 2.05) is 45.0 Å². The van der Waals surface area contributed by atoms with Gasteiger partial charge >= 0.3 is 11.9 Å². The lowest BCUT2D eigenvalue weighted by Gasteiger charge is -2.25. The van der Waals surface area contributed by atoms with Gasteiger partial charge in [0.1, 0.15) is 5.75 Å². The predicted octanol–water partition coefficient (Wildman–Crippen LogP) is 4.67. The topological polar surface area (TPSA) is 105 Å². The molecule has 0 spiro atoms. The van der Waals surface area contributed by atoms with Gasteiger partial charge < -0.3 is 18.9 Å². The Morgan fingerprint density at radius 3 is 2.46 bits per heavy atom. The van der Waals surface area contributed by atoms with Gasteiger partial charge in [-0.25, -0.2) is 9.79 Å². The number of rotatable bonds is 9. The average molecular weight is 644 g/mol. The molecule has 1 aliphatic rings. The van der Waals surface area contributed by atoms with Gasteiger partial charge in [-0.1, -0.05) is 23.5 Å². The first-order valence-corrected chi connectivity index (χ1v) is 14.8. The molecule has 2 aromatic carbocycles. The maximum absolute atomic E-state index is 13.9. The summed E-state index contributed by atoms with van der Waals surface area (Å²) in [6, 6.07) is 10.0. The minimum Gasteiger partial charge on any atom is -0.491 e. The summed E-state index contributed by atoms with van der Waals surface area (Å²) in [4.78, 5) is 43.7. The molecule has 0 bridgehead atoms. The van der Waals surface area contributed by atoms with Crippen LogP contribution in [0.25, 0.3) is 6.08 Å². The predicted molar refractivity (Wildman–Crippen MR) is 159 cm³/mol. The largest absolute Gasteiger partial charge is 0.491 e. The van der Waals surface area contributed by atoms with Crippen LogP contribution in [-0.4, -0.2) is 35.8 Å². The lowest BCUT2D eigenvalue weighted by atomic mass is 9.96. The van der Waals surface area contributed by atoms with Crippen LogP contribution in [0, 0.1) is 0 Å². The number of hydrogen-bond donors (Lipinski definition) is 0. The van der Waals surface area contributed by atoms with Crippen LogP contribution < -0.4 is 29.1 Å². The van der Waals surface area contributed by atoms with E-state index >= 15 is 0 Å². The lowest BCUT2D eigenvalue weighted by molar-refractivity contribution is -0.139. The van der Waals surface area contributed by atoms with Crippen molar-refractivity contribution >= 4 is 45.3 Å². The molecular weight excluding hydrogens is 612 g/mol. The molecule has 2 heterocycles. The Bertz CT molecular complexity index is 1690. The maximum atomic E-state index is 13.9. The molecule has 216 valence electrons. The third-order valence-corrected chi connectivity index (χ3v) is 7.53. The second kappa shape index (κ2) is 12.9. The van der Waals surface area contributed by atoms with Crippen LogP contribution in [0.3, 0.4) is 0 Å². The normalized spacial score (nSPS) is 14.9. The van der Waals surface area contributed by atoms with E-state index in [1.165, 1.54) is 22.8 Å². The molecule has 0 aliphatic carbocycles. The maximum Gasteiger partial charge on any atom is 0.338 e. The van der Waals surface area contributed by atoms with Crippen LogP contribution in [0.1, 0.15) is 58.7 Å². The van der Waals surface area contributed by atoms with E-state index in [9.17, 15) is 14.4 Å². The molecule has 0 N–H and O–H groups in total. The van der Waals surface area contributed by atoms with Crippen LogP contribution in [0.5, 0.6) is 17.2 Å². The first-order chi connectivity index (χ1) is 19.5. The molecule has 0 saturated heterocycles. The quantitative estimate of drug-likeness (QED) is 0.247. The number of benzene rings is 2. The summed E-state index contributed by atoms with van der Waals surface area (Å²) in [5, 5.41) is 0. The SMILES string of the molecule is CCOC(=O)C1=C(C)N=c2sc(=Cc3cc(Br)c(OC(C)=O)c(OCC)c3)c(=O)n2[C@@H]1c1ccc(OC(C)C)cc1. The van der Waals surface area contributed by atoms with Gasteiger partial charge in [0, 0.05) is 6.92 Å². The fourth-order valence-corrected chi connectivity index (χ4v) is 6.02. The zero-order valence-electron chi connectivity index (χ0n) is 23.6. The van der Waals surface area contributed by atoms with Gasteiger partial charge in [-0.15, -0.1) is 0 Å². The number of nitrogens with zero attached hydrogens (tertiary/aromatic N) is 2. The number of thiazole rings is 1. The number of allylic oxidation sites excluding steroid dienone is 1. The number of aromatic nitrogens is 1. The Morgan fingerprint density at radius 1 is 1.15 bits per heavy atom. The molecule has 0 fully saturated rings. The number of carbonyl (C=O) groups excluding carboxylic acids is 2. The third-order valence-electron chi connectivity index (χ3n) is 5.96. The van der Waals surface area contributed by atoms with Crippen LogP contribution in [0.4, 0.5) is 0 Å². The molecule has 1 atom stereocenters. The van der Waals surface area contributed by atoms with E-state index in [4.69, 9.17) is 18.9 Å². The van der Waals surface area contributed by atoms with Crippen LogP contribution in [-0.2, 0) is 14.3 Å². The van der Waals surface area contributed by atoms with E-state index in [-0.39, 0.29) is 24.0 Å². The second-order valence-corrected chi connectivity index (χ2v) is 11.3. The first kappa shape index (κ1) is 30.3. The van der Waals surface area contributed by atoms with Crippen LogP contribution >= 0.6 is 27.3 Å². The molecule has 0 amide bonds. The smallest absolute Gasteiger partial charge is 0.338 e. The number of hydrogen-bond acceptors (Lipinski definition) is 9. The summed E-state index contributed by atoms with van der Waals surface area (Å²) in [6.45, 7) is 11.0. The molecule has 0 unspecified atom stereocenters. The van der Waals surface area contributed by atoms with E-state index in [0.717, 1.165) is 5.56 Å². The van der Waals surface area contributed by atoms with Gasteiger partial charge in [0.2, 0.25) is 0 Å². The Labute approximate surface area is 249 Å². The van der Waals surface area contributed by atoms with Crippen molar-refractivity contribution in [3.63, 3.8) is 0 Å². The summed E-state index contributed by atoms with van der Waals surface area (Å²) in [5.74, 6) is 0.296. The Kier molecular flexibility index (Phi) is 9.49. The van der Waals surface area contributed by atoms with Crippen LogP contribution in [0.2, 0.25) is 0 Å². The van der Waals surface area contributed by atoms with Crippen LogP contribution in [0.15, 0.2) is 61.9 Å². The van der Waals surface area contributed by atoms with Gasteiger partial charge in [-0.3, -0.25) is 14.2 Å². The van der Waals surface area contributed by atoms with Crippen molar-refractivity contribution in [1.82, 2.24) is 4.57 Å².